The highest BCUT2D eigenvalue weighted by Gasteiger charge is 2.45. The van der Waals surface area contributed by atoms with Gasteiger partial charge < -0.3 is 25.5 Å². The van der Waals surface area contributed by atoms with Gasteiger partial charge in [-0.3, -0.25) is 9.59 Å². The summed E-state index contributed by atoms with van der Waals surface area (Å²) in [4.78, 5) is 38.3. The van der Waals surface area contributed by atoms with Crippen molar-refractivity contribution in [2.45, 2.75) is 50.9 Å². The number of carbonyl (C=O) groups excluding carboxylic acids is 1. The maximum absolute atomic E-state index is 12.5. The standard InChI is InChI=1S/C21H23N3O5/c1-2-15(24-20(27)28)18(25)23-17-7-6-16(22-19(17)26)12-4-5-13-11-29-21(8-3-9-21)14(13)10-12/h4-7,10,15,24H,2-3,8-9,11H2,1H3,(H,22,26)(H,23,25)(H,27,28)/t15-/m1/s1. The number of ether oxygens (including phenoxy) is 1. The molecule has 29 heavy (non-hydrogen) atoms. The molecule has 4 N–H and O–H groups in total. The van der Waals surface area contributed by atoms with Crippen molar-refractivity contribution in [3.05, 3.63) is 51.8 Å². The van der Waals surface area contributed by atoms with Crippen molar-refractivity contribution >= 4 is 17.7 Å². The van der Waals surface area contributed by atoms with Crippen LogP contribution >= 0.6 is 0 Å². The number of hydrogen-bond acceptors (Lipinski definition) is 4. The number of hydrogen-bond donors (Lipinski definition) is 4. The topological polar surface area (TPSA) is 121 Å². The normalized spacial score (nSPS) is 17.3. The van der Waals surface area contributed by atoms with Crippen LogP contribution in [0.5, 0.6) is 0 Å². The van der Waals surface area contributed by atoms with Crippen molar-refractivity contribution in [2.24, 2.45) is 0 Å². The van der Waals surface area contributed by atoms with Crippen LogP contribution in [0.15, 0.2) is 35.1 Å². The van der Waals surface area contributed by atoms with Crippen LogP contribution in [-0.2, 0) is 21.7 Å². The van der Waals surface area contributed by atoms with Crippen molar-refractivity contribution in [3.63, 3.8) is 0 Å². The van der Waals surface area contributed by atoms with Gasteiger partial charge in [0, 0.05) is 5.69 Å². The minimum absolute atomic E-state index is 0.0735. The first-order valence-corrected chi connectivity index (χ1v) is 9.73. The van der Waals surface area contributed by atoms with E-state index >= 15 is 0 Å². The molecule has 1 aliphatic heterocycles. The molecule has 1 fully saturated rings. The summed E-state index contributed by atoms with van der Waals surface area (Å²) in [6.45, 7) is 2.31. The molecule has 0 saturated heterocycles. The molecule has 4 rings (SSSR count). The number of carbonyl (C=O) groups is 2. The van der Waals surface area contributed by atoms with Gasteiger partial charge in [-0.05, 0) is 60.6 Å². The van der Waals surface area contributed by atoms with E-state index in [1.165, 1.54) is 17.2 Å². The fraction of sp³-hybridized carbons (Fsp3) is 0.381. The molecule has 8 nitrogen and oxygen atoms in total. The zero-order valence-corrected chi connectivity index (χ0v) is 16.1. The Morgan fingerprint density at radius 1 is 1.28 bits per heavy atom. The van der Waals surface area contributed by atoms with Gasteiger partial charge in [0.1, 0.15) is 11.7 Å². The molecule has 1 atom stereocenters. The molecule has 2 aromatic rings. The number of pyridine rings is 1. The summed E-state index contributed by atoms with van der Waals surface area (Å²) in [5.41, 5.74) is 3.38. The zero-order chi connectivity index (χ0) is 20.6. The first kappa shape index (κ1) is 19.2. The Labute approximate surface area is 167 Å². The Morgan fingerprint density at radius 3 is 2.69 bits per heavy atom. The molecular formula is C21H23N3O5. The van der Waals surface area contributed by atoms with Crippen molar-refractivity contribution in [1.29, 1.82) is 0 Å². The molecule has 152 valence electrons. The van der Waals surface area contributed by atoms with E-state index in [-0.39, 0.29) is 17.7 Å². The van der Waals surface area contributed by atoms with Crippen LogP contribution in [0.25, 0.3) is 11.3 Å². The molecule has 2 heterocycles. The Bertz CT molecular complexity index is 1030. The van der Waals surface area contributed by atoms with Gasteiger partial charge in [-0.25, -0.2) is 4.79 Å². The number of aromatic nitrogens is 1. The van der Waals surface area contributed by atoms with Crippen molar-refractivity contribution in [2.75, 3.05) is 5.32 Å². The van der Waals surface area contributed by atoms with E-state index in [0.29, 0.717) is 12.3 Å². The molecule has 1 aromatic carbocycles. The predicted molar refractivity (Wildman–Crippen MR) is 107 cm³/mol. The molecule has 1 saturated carbocycles. The van der Waals surface area contributed by atoms with E-state index in [4.69, 9.17) is 9.84 Å². The number of aromatic amines is 1. The lowest BCUT2D eigenvalue weighted by molar-refractivity contribution is -0.118. The fourth-order valence-corrected chi connectivity index (χ4v) is 3.96. The van der Waals surface area contributed by atoms with Crippen LogP contribution < -0.4 is 16.2 Å². The molecule has 0 bridgehead atoms. The van der Waals surface area contributed by atoms with E-state index in [1.807, 2.05) is 12.1 Å². The summed E-state index contributed by atoms with van der Waals surface area (Å²) in [5.74, 6) is -0.574. The lowest BCUT2D eigenvalue weighted by atomic mass is 9.74. The van der Waals surface area contributed by atoms with Crippen LogP contribution in [0.1, 0.15) is 43.7 Å². The van der Waals surface area contributed by atoms with Gasteiger partial charge in [0.05, 0.1) is 12.2 Å². The summed E-state index contributed by atoms with van der Waals surface area (Å²) in [7, 11) is 0. The van der Waals surface area contributed by atoms with Crippen LogP contribution in [0, 0.1) is 0 Å². The molecule has 1 aliphatic carbocycles. The molecule has 0 unspecified atom stereocenters. The molecular weight excluding hydrogens is 374 g/mol. The summed E-state index contributed by atoms with van der Waals surface area (Å²) in [5, 5.41) is 13.4. The lowest BCUT2D eigenvalue weighted by Gasteiger charge is -2.38. The van der Waals surface area contributed by atoms with Crippen LogP contribution in [0.4, 0.5) is 10.5 Å². The molecule has 1 aromatic heterocycles. The number of carboxylic acid groups (broad SMARTS) is 1. The molecule has 1 spiro atoms. The van der Waals surface area contributed by atoms with Crippen molar-refractivity contribution in [1.82, 2.24) is 10.3 Å². The third-order valence-corrected chi connectivity index (χ3v) is 5.77. The maximum Gasteiger partial charge on any atom is 0.405 e. The van der Waals surface area contributed by atoms with Crippen LogP contribution in [-0.4, -0.2) is 28.1 Å². The second kappa shape index (κ2) is 7.36. The maximum atomic E-state index is 12.5. The van der Waals surface area contributed by atoms with Gasteiger partial charge >= 0.3 is 6.09 Å². The number of H-pyrrole nitrogens is 1. The van der Waals surface area contributed by atoms with Crippen molar-refractivity contribution < 1.29 is 19.4 Å². The summed E-state index contributed by atoms with van der Waals surface area (Å²) in [6, 6.07) is 8.40. The number of fused-ring (bicyclic) bond motifs is 2. The third-order valence-electron chi connectivity index (χ3n) is 5.77. The van der Waals surface area contributed by atoms with Gasteiger partial charge in [-0.15, -0.1) is 0 Å². The first-order chi connectivity index (χ1) is 13.9. The van der Waals surface area contributed by atoms with E-state index in [0.717, 1.165) is 24.8 Å². The van der Waals surface area contributed by atoms with Gasteiger partial charge in [-0.1, -0.05) is 19.1 Å². The van der Waals surface area contributed by atoms with Crippen LogP contribution in [0.2, 0.25) is 0 Å². The predicted octanol–water partition coefficient (Wildman–Crippen LogP) is 2.94. The number of rotatable bonds is 5. The zero-order valence-electron chi connectivity index (χ0n) is 16.1. The van der Waals surface area contributed by atoms with Gasteiger partial charge in [0.15, 0.2) is 0 Å². The number of amides is 2. The van der Waals surface area contributed by atoms with E-state index in [2.05, 4.69) is 21.7 Å². The van der Waals surface area contributed by atoms with E-state index < -0.39 is 23.6 Å². The monoisotopic (exact) mass is 397 g/mol. The minimum atomic E-state index is -1.29. The number of nitrogens with one attached hydrogen (secondary N) is 3. The Hall–Kier alpha value is -3.13. The lowest BCUT2D eigenvalue weighted by Crippen LogP contribution is -2.43. The SMILES string of the molecule is CC[C@@H](NC(=O)O)C(=O)Nc1ccc(-c2ccc3c(c2)C2(CCC2)OC3)[nH]c1=O. The summed E-state index contributed by atoms with van der Waals surface area (Å²) >= 11 is 0. The number of benzene rings is 1. The van der Waals surface area contributed by atoms with Crippen molar-refractivity contribution in [3.8, 4) is 11.3 Å². The quantitative estimate of drug-likeness (QED) is 0.618. The largest absolute Gasteiger partial charge is 0.465 e. The highest BCUT2D eigenvalue weighted by molar-refractivity contribution is 5.96. The first-order valence-electron chi connectivity index (χ1n) is 9.73. The summed E-state index contributed by atoms with van der Waals surface area (Å²) in [6.07, 6.45) is 2.18. The minimum Gasteiger partial charge on any atom is -0.465 e. The number of anilines is 1. The van der Waals surface area contributed by atoms with Crippen LogP contribution in [0.3, 0.4) is 0 Å². The van der Waals surface area contributed by atoms with Gasteiger partial charge in [-0.2, -0.15) is 0 Å². The Morgan fingerprint density at radius 2 is 2.07 bits per heavy atom. The summed E-state index contributed by atoms with van der Waals surface area (Å²) < 4.78 is 6.02. The molecule has 0 radical (unpaired) electrons. The Kier molecular flexibility index (Phi) is 4.87. The second-order valence-electron chi connectivity index (χ2n) is 7.52. The highest BCUT2D eigenvalue weighted by atomic mass is 16.5. The fourth-order valence-electron chi connectivity index (χ4n) is 3.96. The molecule has 8 heteroatoms. The highest BCUT2D eigenvalue weighted by Crippen LogP contribution is 2.51. The molecule has 2 aliphatic rings. The van der Waals surface area contributed by atoms with E-state index in [1.54, 1.807) is 13.0 Å². The average molecular weight is 397 g/mol. The smallest absolute Gasteiger partial charge is 0.405 e. The molecule has 2 amide bonds. The Balaban J connectivity index is 1.55. The second-order valence-corrected chi connectivity index (χ2v) is 7.52. The third kappa shape index (κ3) is 3.51. The van der Waals surface area contributed by atoms with E-state index in [9.17, 15) is 14.4 Å². The van der Waals surface area contributed by atoms with Gasteiger partial charge in [0.25, 0.3) is 5.56 Å². The van der Waals surface area contributed by atoms with Gasteiger partial charge in [0.2, 0.25) is 5.91 Å². The average Bonchev–Trinajstić information content (AvgIpc) is 3.06.